The minimum atomic E-state index is 0.640. The Kier molecular flexibility index (Phi) is 5.33. The highest BCUT2D eigenvalue weighted by molar-refractivity contribution is 7.25. The van der Waals surface area contributed by atoms with Crippen molar-refractivity contribution in [2.45, 2.75) is 0 Å². The van der Waals surface area contributed by atoms with Gasteiger partial charge in [-0.15, -0.1) is 11.3 Å². The normalized spacial score (nSPS) is 11.7. The lowest BCUT2D eigenvalue weighted by Crippen LogP contribution is -1.81. The van der Waals surface area contributed by atoms with E-state index >= 15 is 0 Å². The number of benzene rings is 6. The molecule has 0 atom stereocenters. The summed E-state index contributed by atoms with van der Waals surface area (Å²) >= 11 is 1.83. The van der Waals surface area contributed by atoms with E-state index in [0.717, 1.165) is 44.5 Å². The van der Waals surface area contributed by atoms with Gasteiger partial charge in [0.05, 0.1) is 0 Å². The second-order valence-electron chi connectivity index (χ2n) is 10.7. The van der Waals surface area contributed by atoms with Crippen LogP contribution in [0.5, 0.6) is 0 Å². The standard InChI is InChI=1S/C38H22N2O2S/c1-3-7-33-31(5-1)39-37(41-33)25-13-9-23(10-14-25)27-17-19-35-29(21-27)30-22-28(18-20-36(30)43-35)24-11-15-26(16-12-24)38-40-32-6-2-4-8-34(32)42-38/h1-22H. The average molecular weight is 571 g/mol. The third-order valence-corrected chi connectivity index (χ3v) is 9.14. The van der Waals surface area contributed by atoms with Crippen LogP contribution in [-0.2, 0) is 0 Å². The van der Waals surface area contributed by atoms with Gasteiger partial charge in [0.25, 0.3) is 0 Å². The summed E-state index contributed by atoms with van der Waals surface area (Å²) in [6, 6.07) is 46.1. The Morgan fingerprint density at radius 3 is 1.23 bits per heavy atom. The van der Waals surface area contributed by atoms with Crippen LogP contribution in [0.4, 0.5) is 0 Å². The Labute approximate surface area is 250 Å². The highest BCUT2D eigenvalue weighted by Crippen LogP contribution is 2.39. The molecule has 0 aliphatic rings. The first-order chi connectivity index (χ1) is 21.2. The number of fused-ring (bicyclic) bond motifs is 5. The molecule has 0 saturated carbocycles. The Morgan fingerprint density at radius 2 is 0.791 bits per heavy atom. The molecule has 0 unspecified atom stereocenters. The molecule has 0 amide bonds. The van der Waals surface area contributed by atoms with Gasteiger partial charge < -0.3 is 8.83 Å². The van der Waals surface area contributed by atoms with Crippen LogP contribution in [-0.4, -0.2) is 9.97 Å². The van der Waals surface area contributed by atoms with Gasteiger partial charge in [-0.2, -0.15) is 0 Å². The van der Waals surface area contributed by atoms with E-state index in [0.29, 0.717) is 11.8 Å². The molecule has 202 valence electrons. The molecule has 6 aromatic carbocycles. The first kappa shape index (κ1) is 24.1. The van der Waals surface area contributed by atoms with E-state index in [1.165, 1.54) is 31.3 Å². The smallest absolute Gasteiger partial charge is 0.227 e. The molecule has 0 saturated heterocycles. The highest BCUT2D eigenvalue weighted by Gasteiger charge is 2.12. The van der Waals surface area contributed by atoms with Crippen molar-refractivity contribution in [1.82, 2.24) is 9.97 Å². The van der Waals surface area contributed by atoms with E-state index in [9.17, 15) is 0 Å². The number of nitrogens with zero attached hydrogens (tertiary/aromatic N) is 2. The van der Waals surface area contributed by atoms with Crippen LogP contribution in [0.25, 0.3) is 87.5 Å². The lowest BCUT2D eigenvalue weighted by Gasteiger charge is -2.05. The van der Waals surface area contributed by atoms with Crippen LogP contribution in [0.3, 0.4) is 0 Å². The van der Waals surface area contributed by atoms with Gasteiger partial charge in [-0.3, -0.25) is 0 Å². The Balaban J connectivity index is 1.04. The van der Waals surface area contributed by atoms with Gasteiger partial charge in [-0.25, -0.2) is 9.97 Å². The summed E-state index contributed by atoms with van der Waals surface area (Å²) in [6.45, 7) is 0. The molecule has 0 aliphatic carbocycles. The predicted octanol–water partition coefficient (Wildman–Crippen LogP) is 11.0. The number of aromatic nitrogens is 2. The molecular weight excluding hydrogens is 548 g/mol. The van der Waals surface area contributed by atoms with E-state index in [1.54, 1.807) is 0 Å². The van der Waals surface area contributed by atoms with Crippen molar-refractivity contribution in [2.75, 3.05) is 0 Å². The SMILES string of the molecule is c1ccc2oc(-c3ccc(-c4ccc5sc6ccc(-c7ccc(-c8nc9ccccc9o8)cc7)cc6c5c4)cc3)nc2c1. The molecule has 0 fully saturated rings. The quantitative estimate of drug-likeness (QED) is 0.211. The van der Waals surface area contributed by atoms with Gasteiger partial charge >= 0.3 is 0 Å². The maximum atomic E-state index is 5.97. The minimum absolute atomic E-state index is 0.640. The van der Waals surface area contributed by atoms with E-state index < -0.39 is 0 Å². The zero-order chi connectivity index (χ0) is 28.3. The molecule has 9 rings (SSSR count). The Bertz CT molecular complexity index is 2210. The van der Waals surface area contributed by atoms with Crippen molar-refractivity contribution in [1.29, 1.82) is 0 Å². The maximum absolute atomic E-state index is 5.97. The third kappa shape index (κ3) is 4.13. The summed E-state index contributed by atoms with van der Waals surface area (Å²) in [7, 11) is 0. The van der Waals surface area contributed by atoms with Crippen LogP contribution in [0.15, 0.2) is 142 Å². The molecule has 3 heterocycles. The molecule has 0 spiro atoms. The number of thiophene rings is 1. The third-order valence-electron chi connectivity index (χ3n) is 7.99. The van der Waals surface area contributed by atoms with E-state index in [1.807, 2.05) is 59.9 Å². The molecule has 0 bridgehead atoms. The zero-order valence-corrected chi connectivity index (χ0v) is 23.6. The monoisotopic (exact) mass is 570 g/mol. The first-order valence-electron chi connectivity index (χ1n) is 14.1. The molecule has 0 N–H and O–H groups in total. The van der Waals surface area contributed by atoms with Gasteiger partial charge in [0.2, 0.25) is 11.8 Å². The molecule has 5 heteroatoms. The summed E-state index contributed by atoms with van der Waals surface area (Å²) in [5, 5.41) is 2.54. The molecular formula is C38H22N2O2S. The number of para-hydroxylation sites is 4. The van der Waals surface area contributed by atoms with Crippen molar-refractivity contribution in [2.24, 2.45) is 0 Å². The van der Waals surface area contributed by atoms with Crippen molar-refractivity contribution >= 4 is 53.7 Å². The molecule has 43 heavy (non-hydrogen) atoms. The fourth-order valence-electron chi connectivity index (χ4n) is 5.74. The van der Waals surface area contributed by atoms with Crippen LogP contribution >= 0.6 is 11.3 Å². The topological polar surface area (TPSA) is 52.1 Å². The summed E-state index contributed by atoms with van der Waals surface area (Å²) in [6.07, 6.45) is 0. The summed E-state index contributed by atoms with van der Waals surface area (Å²) in [5.41, 5.74) is 9.96. The lowest BCUT2D eigenvalue weighted by atomic mass is 9.99. The number of hydrogen-bond donors (Lipinski definition) is 0. The fourth-order valence-corrected chi connectivity index (χ4v) is 6.81. The molecule has 4 nitrogen and oxygen atoms in total. The summed E-state index contributed by atoms with van der Waals surface area (Å²) < 4.78 is 14.5. The second-order valence-corrected chi connectivity index (χ2v) is 11.7. The largest absolute Gasteiger partial charge is 0.436 e. The molecule has 0 aliphatic heterocycles. The van der Waals surface area contributed by atoms with Crippen molar-refractivity contribution in [3.05, 3.63) is 133 Å². The van der Waals surface area contributed by atoms with Gasteiger partial charge in [-0.05, 0) is 95.1 Å². The predicted molar refractivity (Wildman–Crippen MR) is 176 cm³/mol. The first-order valence-corrected chi connectivity index (χ1v) is 15.0. The summed E-state index contributed by atoms with van der Waals surface area (Å²) in [5.74, 6) is 1.28. The van der Waals surface area contributed by atoms with Gasteiger partial charge in [0.1, 0.15) is 11.0 Å². The van der Waals surface area contributed by atoms with Crippen LogP contribution in [0.1, 0.15) is 0 Å². The van der Waals surface area contributed by atoms with Crippen LogP contribution < -0.4 is 0 Å². The summed E-state index contributed by atoms with van der Waals surface area (Å²) in [4.78, 5) is 9.29. The molecule has 0 radical (unpaired) electrons. The fraction of sp³-hybridized carbons (Fsp3) is 0. The van der Waals surface area contributed by atoms with Gasteiger partial charge in [0, 0.05) is 31.3 Å². The van der Waals surface area contributed by atoms with Crippen LogP contribution in [0.2, 0.25) is 0 Å². The number of hydrogen-bond acceptors (Lipinski definition) is 5. The van der Waals surface area contributed by atoms with E-state index in [2.05, 4.69) is 94.9 Å². The number of oxazole rings is 2. The molecule has 3 aromatic heterocycles. The van der Waals surface area contributed by atoms with Crippen molar-refractivity contribution in [3.8, 4) is 45.2 Å². The van der Waals surface area contributed by atoms with Crippen molar-refractivity contribution < 1.29 is 8.83 Å². The maximum Gasteiger partial charge on any atom is 0.227 e. The Morgan fingerprint density at radius 1 is 0.395 bits per heavy atom. The van der Waals surface area contributed by atoms with Gasteiger partial charge in [-0.1, -0.05) is 60.7 Å². The zero-order valence-electron chi connectivity index (χ0n) is 22.8. The second kappa shape index (κ2) is 9.51. The minimum Gasteiger partial charge on any atom is -0.436 e. The Hall–Kier alpha value is -5.52. The molecule has 9 aromatic rings. The van der Waals surface area contributed by atoms with E-state index in [-0.39, 0.29) is 0 Å². The van der Waals surface area contributed by atoms with E-state index in [4.69, 9.17) is 8.83 Å². The van der Waals surface area contributed by atoms with Gasteiger partial charge in [0.15, 0.2) is 11.2 Å². The number of rotatable bonds is 4. The lowest BCUT2D eigenvalue weighted by molar-refractivity contribution is 0.619. The van der Waals surface area contributed by atoms with Crippen LogP contribution in [0, 0.1) is 0 Å². The average Bonchev–Trinajstić information content (AvgIpc) is 3.79. The van der Waals surface area contributed by atoms with Crippen molar-refractivity contribution in [3.63, 3.8) is 0 Å². The highest BCUT2D eigenvalue weighted by atomic mass is 32.1.